The van der Waals surface area contributed by atoms with Crippen LogP contribution in [0.3, 0.4) is 0 Å². The molecule has 3 heteroatoms. The average molecular weight is 298 g/mol. The molecule has 1 aliphatic carbocycles. The molecule has 2 aliphatic rings. The summed E-state index contributed by atoms with van der Waals surface area (Å²) in [6, 6.07) is 2.28. The van der Waals surface area contributed by atoms with Crippen molar-refractivity contribution in [2.24, 2.45) is 0 Å². The second-order valence-electron chi connectivity index (χ2n) is 5.61. The zero-order valence-corrected chi connectivity index (χ0v) is 13.2. The van der Waals surface area contributed by atoms with Crippen LogP contribution in [0.25, 0.3) is 6.08 Å². The second-order valence-corrected chi connectivity index (χ2v) is 6.61. The number of hydrogen-bond donors (Lipinski definition) is 0. The van der Waals surface area contributed by atoms with Gasteiger partial charge in [-0.2, -0.15) is 0 Å². The number of hydrogen-bond acceptors (Lipinski definition) is 2. The Balaban J connectivity index is 0.00000133. The Labute approximate surface area is 127 Å². The van der Waals surface area contributed by atoms with Crippen molar-refractivity contribution >= 4 is 29.8 Å². The molecule has 0 radical (unpaired) electrons. The third kappa shape index (κ3) is 4.08. The highest BCUT2D eigenvalue weighted by Crippen LogP contribution is 2.29. The molecule has 1 aromatic heterocycles. The number of rotatable bonds is 3. The summed E-state index contributed by atoms with van der Waals surface area (Å²) in [5.41, 5.74) is 3.17. The van der Waals surface area contributed by atoms with E-state index in [2.05, 4.69) is 22.4 Å². The molecule has 1 nitrogen and oxygen atoms in total. The minimum atomic E-state index is 0. The minimum absolute atomic E-state index is 0. The van der Waals surface area contributed by atoms with Gasteiger partial charge in [0.1, 0.15) is 0 Å². The SMILES string of the molecule is C1=C(CCN2CCCCCC2)CCc2sccc21.Cl. The predicted molar refractivity (Wildman–Crippen MR) is 87.4 cm³/mol. The van der Waals surface area contributed by atoms with Gasteiger partial charge in [0.05, 0.1) is 0 Å². The summed E-state index contributed by atoms with van der Waals surface area (Å²) < 4.78 is 0. The van der Waals surface area contributed by atoms with Gasteiger partial charge in [0.25, 0.3) is 0 Å². The maximum Gasteiger partial charge on any atom is 0.0121 e. The van der Waals surface area contributed by atoms with Gasteiger partial charge in [0.15, 0.2) is 0 Å². The lowest BCUT2D eigenvalue weighted by atomic mass is 9.96. The zero-order chi connectivity index (χ0) is 12.2. The summed E-state index contributed by atoms with van der Waals surface area (Å²) >= 11 is 1.92. The van der Waals surface area contributed by atoms with Crippen LogP contribution in [0.5, 0.6) is 0 Å². The molecule has 3 rings (SSSR count). The molecule has 1 fully saturated rings. The summed E-state index contributed by atoms with van der Waals surface area (Å²) in [5.74, 6) is 0. The fourth-order valence-corrected chi connectivity index (χ4v) is 3.97. The monoisotopic (exact) mass is 297 g/mol. The third-order valence-corrected chi connectivity index (χ3v) is 5.26. The smallest absolute Gasteiger partial charge is 0.0121 e. The first-order valence-corrected chi connectivity index (χ1v) is 8.28. The molecule has 0 spiro atoms. The van der Waals surface area contributed by atoms with E-state index >= 15 is 0 Å². The Morgan fingerprint density at radius 2 is 1.84 bits per heavy atom. The summed E-state index contributed by atoms with van der Waals surface area (Å²) in [4.78, 5) is 4.27. The number of fused-ring (bicyclic) bond motifs is 1. The highest BCUT2D eigenvalue weighted by molar-refractivity contribution is 7.10. The van der Waals surface area contributed by atoms with Crippen LogP contribution in [-0.2, 0) is 6.42 Å². The second kappa shape index (κ2) is 7.47. The van der Waals surface area contributed by atoms with E-state index in [9.17, 15) is 0 Å². The van der Waals surface area contributed by atoms with Crippen molar-refractivity contribution < 1.29 is 0 Å². The van der Waals surface area contributed by atoms with Gasteiger partial charge in [-0.05, 0) is 62.2 Å². The largest absolute Gasteiger partial charge is 0.303 e. The molecule has 0 unspecified atom stereocenters. The third-order valence-electron chi connectivity index (χ3n) is 4.26. The number of aryl methyl sites for hydroxylation is 1. The lowest BCUT2D eigenvalue weighted by molar-refractivity contribution is 0.288. The first kappa shape index (κ1) is 15.1. The van der Waals surface area contributed by atoms with Crippen molar-refractivity contribution in [2.45, 2.75) is 44.9 Å². The summed E-state index contributed by atoms with van der Waals surface area (Å²) in [6.45, 7) is 3.94. The minimum Gasteiger partial charge on any atom is -0.303 e. The number of thiophene rings is 1. The molecule has 0 aromatic carbocycles. The molecule has 0 N–H and O–H groups in total. The molecule has 0 atom stereocenters. The lowest BCUT2D eigenvalue weighted by Gasteiger charge is -2.21. The Kier molecular flexibility index (Phi) is 5.93. The fraction of sp³-hybridized carbons (Fsp3) is 0.625. The Bertz CT molecular complexity index is 416. The molecule has 19 heavy (non-hydrogen) atoms. The summed E-state index contributed by atoms with van der Waals surface area (Å²) in [5, 5.41) is 2.24. The van der Waals surface area contributed by atoms with Crippen molar-refractivity contribution in [3.63, 3.8) is 0 Å². The highest BCUT2D eigenvalue weighted by atomic mass is 35.5. The maximum absolute atomic E-state index is 2.68. The molecule has 1 aliphatic heterocycles. The van der Waals surface area contributed by atoms with Crippen molar-refractivity contribution in [2.75, 3.05) is 19.6 Å². The molecule has 1 aromatic rings. The maximum atomic E-state index is 2.68. The van der Waals surface area contributed by atoms with Crippen LogP contribution < -0.4 is 0 Å². The van der Waals surface area contributed by atoms with Gasteiger partial charge >= 0.3 is 0 Å². The molecule has 0 saturated carbocycles. The standard InChI is InChI=1S/C16H23NS.ClH/c1-2-4-10-17(9-3-1)11-7-14-5-6-16-15(13-14)8-12-18-16;/h8,12-13H,1-7,9-11H2;1H. The van der Waals surface area contributed by atoms with Crippen molar-refractivity contribution in [3.8, 4) is 0 Å². The molecule has 106 valence electrons. The first-order valence-electron chi connectivity index (χ1n) is 7.40. The van der Waals surface area contributed by atoms with E-state index in [1.807, 2.05) is 11.3 Å². The van der Waals surface area contributed by atoms with Crippen LogP contribution in [-0.4, -0.2) is 24.5 Å². The number of nitrogens with zero attached hydrogens (tertiary/aromatic N) is 1. The van der Waals surface area contributed by atoms with Crippen LogP contribution >= 0.6 is 23.7 Å². The number of likely N-dealkylation sites (tertiary alicyclic amines) is 1. The van der Waals surface area contributed by atoms with Crippen LogP contribution in [0.15, 0.2) is 17.0 Å². The Hall–Kier alpha value is -0.310. The summed E-state index contributed by atoms with van der Waals surface area (Å²) in [6.07, 6.45) is 12.0. The number of halogens is 1. The lowest BCUT2D eigenvalue weighted by Crippen LogP contribution is -2.26. The van der Waals surface area contributed by atoms with E-state index in [1.165, 1.54) is 70.1 Å². The first-order chi connectivity index (χ1) is 8.92. The van der Waals surface area contributed by atoms with Crippen LogP contribution in [0, 0.1) is 0 Å². The molecular formula is C16H24ClNS. The van der Waals surface area contributed by atoms with E-state index in [0.717, 1.165) is 0 Å². The molecule has 0 amide bonds. The summed E-state index contributed by atoms with van der Waals surface area (Å²) in [7, 11) is 0. The van der Waals surface area contributed by atoms with Gasteiger partial charge in [-0.15, -0.1) is 23.7 Å². The van der Waals surface area contributed by atoms with Gasteiger partial charge < -0.3 is 4.90 Å². The van der Waals surface area contributed by atoms with Gasteiger partial charge in [0.2, 0.25) is 0 Å². The normalized spacial score (nSPS) is 20.1. The molecular weight excluding hydrogens is 274 g/mol. The van der Waals surface area contributed by atoms with E-state index in [0.29, 0.717) is 0 Å². The average Bonchev–Trinajstić information content (AvgIpc) is 2.70. The zero-order valence-electron chi connectivity index (χ0n) is 11.6. The van der Waals surface area contributed by atoms with E-state index in [-0.39, 0.29) is 12.4 Å². The molecule has 1 saturated heterocycles. The predicted octanol–water partition coefficient (Wildman–Crippen LogP) is 4.77. The van der Waals surface area contributed by atoms with E-state index < -0.39 is 0 Å². The van der Waals surface area contributed by atoms with Gasteiger partial charge in [-0.3, -0.25) is 0 Å². The van der Waals surface area contributed by atoms with Crippen molar-refractivity contribution in [1.29, 1.82) is 0 Å². The van der Waals surface area contributed by atoms with Gasteiger partial charge in [-0.1, -0.05) is 24.5 Å². The quantitative estimate of drug-likeness (QED) is 0.777. The molecule has 2 heterocycles. The van der Waals surface area contributed by atoms with Gasteiger partial charge in [0, 0.05) is 11.4 Å². The van der Waals surface area contributed by atoms with E-state index in [1.54, 1.807) is 10.5 Å². The van der Waals surface area contributed by atoms with Crippen LogP contribution in [0.1, 0.15) is 49.0 Å². The Morgan fingerprint density at radius 3 is 2.63 bits per heavy atom. The topological polar surface area (TPSA) is 3.24 Å². The highest BCUT2D eigenvalue weighted by Gasteiger charge is 2.13. The van der Waals surface area contributed by atoms with Crippen LogP contribution in [0.2, 0.25) is 0 Å². The molecule has 0 bridgehead atoms. The Morgan fingerprint density at radius 1 is 1.05 bits per heavy atom. The van der Waals surface area contributed by atoms with Crippen molar-refractivity contribution in [3.05, 3.63) is 27.5 Å². The van der Waals surface area contributed by atoms with E-state index in [4.69, 9.17) is 0 Å². The van der Waals surface area contributed by atoms with Crippen LogP contribution in [0.4, 0.5) is 0 Å². The van der Waals surface area contributed by atoms with Crippen molar-refractivity contribution in [1.82, 2.24) is 4.90 Å². The fourth-order valence-electron chi connectivity index (χ4n) is 3.11. The van der Waals surface area contributed by atoms with Gasteiger partial charge in [-0.25, -0.2) is 0 Å².